The molecule has 1 heterocycles. The van der Waals surface area contributed by atoms with Gasteiger partial charge in [-0.25, -0.2) is 4.98 Å². The molecule has 2 aromatic carbocycles. The van der Waals surface area contributed by atoms with E-state index in [-0.39, 0.29) is 17.9 Å². The number of aromatic nitrogens is 1. The molecule has 0 spiro atoms. The summed E-state index contributed by atoms with van der Waals surface area (Å²) in [6.07, 6.45) is 9.05. The maximum atomic E-state index is 13.4. The van der Waals surface area contributed by atoms with Gasteiger partial charge in [-0.2, -0.15) is 0 Å². The molecule has 3 rings (SSSR count). The van der Waals surface area contributed by atoms with Gasteiger partial charge in [-0.1, -0.05) is 80.6 Å². The summed E-state index contributed by atoms with van der Waals surface area (Å²) in [5.41, 5.74) is 2.13. The SMILES string of the molecule is C#CC(NC(=O)c1cc(Cl)cnc1N(c1ccccc1)c1ccccc1)C(CC)CC. The highest BCUT2D eigenvalue weighted by Gasteiger charge is 2.25. The third-order valence-electron chi connectivity index (χ3n) is 5.30. The van der Waals surface area contributed by atoms with Crippen LogP contribution in [0.15, 0.2) is 72.9 Å². The van der Waals surface area contributed by atoms with E-state index in [1.54, 1.807) is 12.3 Å². The van der Waals surface area contributed by atoms with Gasteiger partial charge in [0.2, 0.25) is 0 Å². The van der Waals surface area contributed by atoms with Crippen LogP contribution in [0, 0.1) is 18.3 Å². The van der Waals surface area contributed by atoms with E-state index < -0.39 is 0 Å². The Morgan fingerprint density at radius 1 is 1.06 bits per heavy atom. The third kappa shape index (κ3) is 5.25. The average Bonchev–Trinajstić information content (AvgIpc) is 2.81. The van der Waals surface area contributed by atoms with Crippen molar-refractivity contribution >= 4 is 34.7 Å². The number of pyridine rings is 1. The number of nitrogens with zero attached hydrogens (tertiary/aromatic N) is 2. The van der Waals surface area contributed by atoms with Gasteiger partial charge in [0.1, 0.15) is 0 Å². The number of carbonyl (C=O) groups is 1. The van der Waals surface area contributed by atoms with Crippen molar-refractivity contribution in [2.24, 2.45) is 5.92 Å². The molecule has 5 heteroatoms. The highest BCUT2D eigenvalue weighted by atomic mass is 35.5. The molecule has 1 amide bonds. The monoisotopic (exact) mass is 431 g/mol. The summed E-state index contributed by atoms with van der Waals surface area (Å²) in [6.45, 7) is 4.15. The summed E-state index contributed by atoms with van der Waals surface area (Å²) in [4.78, 5) is 19.8. The molecule has 1 aromatic heterocycles. The summed E-state index contributed by atoms with van der Waals surface area (Å²) < 4.78 is 0. The molecule has 1 N–H and O–H groups in total. The second-order valence-corrected chi connectivity index (χ2v) is 7.66. The molecule has 0 bridgehead atoms. The molecule has 158 valence electrons. The van der Waals surface area contributed by atoms with Crippen molar-refractivity contribution in [3.8, 4) is 12.3 Å². The van der Waals surface area contributed by atoms with Crippen LogP contribution in [0.4, 0.5) is 17.2 Å². The largest absolute Gasteiger partial charge is 0.338 e. The molecule has 4 nitrogen and oxygen atoms in total. The zero-order chi connectivity index (χ0) is 22.2. The van der Waals surface area contributed by atoms with E-state index in [9.17, 15) is 4.79 Å². The molecule has 0 saturated carbocycles. The first-order valence-corrected chi connectivity index (χ1v) is 10.8. The zero-order valence-electron chi connectivity index (χ0n) is 17.8. The number of anilines is 3. The summed E-state index contributed by atoms with van der Waals surface area (Å²) in [6, 6.07) is 20.8. The molecule has 31 heavy (non-hydrogen) atoms. The maximum absolute atomic E-state index is 13.4. The summed E-state index contributed by atoms with van der Waals surface area (Å²) in [7, 11) is 0. The van der Waals surface area contributed by atoms with Crippen molar-refractivity contribution in [3.63, 3.8) is 0 Å². The second kappa shape index (κ2) is 10.7. The normalized spacial score (nSPS) is 11.6. The Kier molecular flexibility index (Phi) is 7.70. The van der Waals surface area contributed by atoms with Gasteiger partial charge in [0.05, 0.1) is 16.6 Å². The van der Waals surface area contributed by atoms with Gasteiger partial charge in [0.15, 0.2) is 5.82 Å². The first-order valence-electron chi connectivity index (χ1n) is 10.4. The Morgan fingerprint density at radius 3 is 2.10 bits per heavy atom. The standard InChI is InChI=1S/C26H26ClN3O/c1-4-19(5-2)24(6-3)29-26(31)23-17-20(27)18-28-25(23)30(21-13-9-7-10-14-21)22-15-11-8-12-16-22/h3,7-19,24H,4-5H2,1-2H3,(H,29,31). The summed E-state index contributed by atoms with van der Waals surface area (Å²) in [5.74, 6) is 3.12. The van der Waals surface area contributed by atoms with Crippen molar-refractivity contribution in [3.05, 3.63) is 83.5 Å². The van der Waals surface area contributed by atoms with Crippen molar-refractivity contribution in [1.82, 2.24) is 10.3 Å². The van der Waals surface area contributed by atoms with Gasteiger partial charge < -0.3 is 5.32 Å². The van der Waals surface area contributed by atoms with E-state index >= 15 is 0 Å². The molecular formula is C26H26ClN3O. The molecule has 1 atom stereocenters. The minimum absolute atomic E-state index is 0.198. The van der Waals surface area contributed by atoms with E-state index in [1.807, 2.05) is 65.6 Å². The van der Waals surface area contributed by atoms with Gasteiger partial charge in [-0.05, 0) is 36.2 Å². The van der Waals surface area contributed by atoms with Gasteiger partial charge in [0, 0.05) is 17.6 Å². The second-order valence-electron chi connectivity index (χ2n) is 7.23. The fraction of sp³-hybridized carbons (Fsp3) is 0.231. The molecule has 0 fully saturated rings. The number of benzene rings is 2. The number of halogens is 1. The van der Waals surface area contributed by atoms with E-state index in [1.165, 1.54) is 0 Å². The first kappa shape index (κ1) is 22.4. The molecule has 0 aliphatic heterocycles. The van der Waals surface area contributed by atoms with Crippen LogP contribution in [0.3, 0.4) is 0 Å². The Morgan fingerprint density at radius 2 is 1.61 bits per heavy atom. The van der Waals surface area contributed by atoms with Gasteiger partial charge >= 0.3 is 0 Å². The van der Waals surface area contributed by atoms with Crippen LogP contribution >= 0.6 is 11.6 Å². The average molecular weight is 432 g/mol. The van der Waals surface area contributed by atoms with Crippen LogP contribution < -0.4 is 10.2 Å². The summed E-state index contributed by atoms with van der Waals surface area (Å²) in [5, 5.41) is 3.39. The Bertz CT molecular complexity index is 1000. The van der Waals surface area contributed by atoms with E-state index in [2.05, 4.69) is 30.1 Å². The fourth-order valence-electron chi connectivity index (χ4n) is 3.60. The first-order chi connectivity index (χ1) is 15.1. The number of carbonyl (C=O) groups excluding carboxylic acids is 1. The lowest BCUT2D eigenvalue weighted by Crippen LogP contribution is -2.39. The topological polar surface area (TPSA) is 45.2 Å². The quantitative estimate of drug-likeness (QED) is 0.421. The Labute approximate surface area is 189 Å². The lowest BCUT2D eigenvalue weighted by atomic mass is 9.94. The van der Waals surface area contributed by atoms with Crippen molar-refractivity contribution in [2.45, 2.75) is 32.7 Å². The van der Waals surface area contributed by atoms with Crippen LogP contribution in [-0.2, 0) is 0 Å². The molecule has 3 aromatic rings. The minimum Gasteiger partial charge on any atom is -0.338 e. The van der Waals surface area contributed by atoms with Crippen LogP contribution in [0.1, 0.15) is 37.0 Å². The molecule has 0 aliphatic carbocycles. The van der Waals surface area contributed by atoms with Crippen LogP contribution in [-0.4, -0.2) is 16.9 Å². The lowest BCUT2D eigenvalue weighted by Gasteiger charge is -2.27. The molecule has 0 saturated heterocycles. The zero-order valence-corrected chi connectivity index (χ0v) is 18.5. The molecule has 0 radical (unpaired) electrons. The predicted molar refractivity (Wildman–Crippen MR) is 128 cm³/mol. The van der Waals surface area contributed by atoms with E-state index in [0.717, 1.165) is 24.2 Å². The summed E-state index contributed by atoms with van der Waals surface area (Å²) >= 11 is 6.24. The lowest BCUT2D eigenvalue weighted by molar-refractivity contribution is 0.0934. The van der Waals surface area contributed by atoms with Crippen LogP contribution in [0.25, 0.3) is 0 Å². The number of hydrogen-bond donors (Lipinski definition) is 1. The third-order valence-corrected chi connectivity index (χ3v) is 5.51. The number of nitrogens with one attached hydrogen (secondary N) is 1. The van der Waals surface area contributed by atoms with Gasteiger partial charge in [0.25, 0.3) is 5.91 Å². The highest BCUT2D eigenvalue weighted by molar-refractivity contribution is 6.31. The minimum atomic E-state index is -0.365. The van der Waals surface area contributed by atoms with Crippen molar-refractivity contribution in [1.29, 1.82) is 0 Å². The Hall–Kier alpha value is -3.29. The highest BCUT2D eigenvalue weighted by Crippen LogP contribution is 2.35. The molecule has 0 aliphatic rings. The molecular weight excluding hydrogens is 406 g/mol. The van der Waals surface area contributed by atoms with Crippen LogP contribution in [0.5, 0.6) is 0 Å². The fourth-order valence-corrected chi connectivity index (χ4v) is 3.76. The predicted octanol–water partition coefficient (Wildman–Crippen LogP) is 6.37. The van der Waals surface area contributed by atoms with Crippen molar-refractivity contribution < 1.29 is 4.79 Å². The van der Waals surface area contributed by atoms with E-state index in [0.29, 0.717) is 16.4 Å². The Balaban J connectivity index is 2.08. The van der Waals surface area contributed by atoms with Gasteiger partial charge in [-0.15, -0.1) is 6.42 Å². The number of para-hydroxylation sites is 2. The number of amides is 1. The van der Waals surface area contributed by atoms with Crippen LogP contribution in [0.2, 0.25) is 5.02 Å². The number of terminal acetylenes is 1. The van der Waals surface area contributed by atoms with Gasteiger partial charge in [-0.3, -0.25) is 9.69 Å². The molecule has 1 unspecified atom stereocenters. The smallest absolute Gasteiger partial charge is 0.256 e. The maximum Gasteiger partial charge on any atom is 0.256 e. The van der Waals surface area contributed by atoms with Crippen molar-refractivity contribution in [2.75, 3.05) is 4.90 Å². The number of rotatable bonds is 8. The number of hydrogen-bond acceptors (Lipinski definition) is 3. The van der Waals surface area contributed by atoms with E-state index in [4.69, 9.17) is 18.0 Å².